The summed E-state index contributed by atoms with van der Waals surface area (Å²) in [4.78, 5) is 26.2. The number of rotatable bonds is 6. The number of aromatic nitrogens is 4. The smallest absolute Gasteiger partial charge is 0.341 e. The molecule has 1 aromatic carbocycles. The molecule has 2 aromatic heterocycles. The van der Waals surface area contributed by atoms with E-state index >= 15 is 0 Å². The third-order valence-corrected chi connectivity index (χ3v) is 7.45. The number of hydrogen-bond donors (Lipinski definition) is 1. The summed E-state index contributed by atoms with van der Waals surface area (Å²) < 4.78 is 6.59. The number of aryl methyl sites for hydroxylation is 3. The summed E-state index contributed by atoms with van der Waals surface area (Å²) in [5, 5.41) is 15.9. The molecule has 1 aliphatic carbocycles. The van der Waals surface area contributed by atoms with Crippen LogP contribution in [0.25, 0.3) is 5.69 Å². The number of carbonyl (C=O) groups excluding carboxylic acids is 2. The number of fused-ring (bicyclic) bond motifs is 1. The van der Waals surface area contributed by atoms with Crippen LogP contribution in [0.1, 0.15) is 44.8 Å². The molecule has 0 bridgehead atoms. The number of ether oxygens (including phenoxy) is 1. The number of tetrazole rings is 1. The van der Waals surface area contributed by atoms with Crippen LogP contribution in [0.5, 0.6) is 0 Å². The van der Waals surface area contributed by atoms with Crippen LogP contribution < -0.4 is 5.32 Å². The predicted molar refractivity (Wildman–Crippen MR) is 120 cm³/mol. The first-order valence-corrected chi connectivity index (χ1v) is 11.8. The van der Waals surface area contributed by atoms with E-state index < -0.39 is 5.97 Å². The average Bonchev–Trinajstić information content (AvgIpc) is 3.38. The first kappa shape index (κ1) is 21.5. The average molecular weight is 458 g/mol. The van der Waals surface area contributed by atoms with Gasteiger partial charge >= 0.3 is 5.97 Å². The Hall–Kier alpha value is -2.72. The van der Waals surface area contributed by atoms with Gasteiger partial charge in [-0.05, 0) is 78.8 Å². The van der Waals surface area contributed by atoms with E-state index in [2.05, 4.69) is 20.8 Å². The van der Waals surface area contributed by atoms with Gasteiger partial charge in [-0.25, -0.2) is 4.79 Å². The van der Waals surface area contributed by atoms with Gasteiger partial charge in [0.25, 0.3) is 0 Å². The van der Waals surface area contributed by atoms with Crippen LogP contribution in [0, 0.1) is 13.8 Å². The second-order valence-corrected chi connectivity index (χ2v) is 9.43. The lowest BCUT2D eigenvalue weighted by Crippen LogP contribution is -2.17. The molecule has 0 saturated carbocycles. The summed E-state index contributed by atoms with van der Waals surface area (Å²) >= 11 is 2.72. The number of methoxy groups -OCH3 is 1. The molecule has 0 fully saturated rings. The van der Waals surface area contributed by atoms with Gasteiger partial charge in [-0.3, -0.25) is 4.79 Å². The molecule has 0 unspecified atom stereocenters. The number of thiophene rings is 1. The van der Waals surface area contributed by atoms with Crippen LogP contribution in [-0.4, -0.2) is 44.9 Å². The molecule has 31 heavy (non-hydrogen) atoms. The Bertz CT molecular complexity index is 1140. The topological polar surface area (TPSA) is 99.0 Å². The molecule has 8 nitrogen and oxygen atoms in total. The second-order valence-electron chi connectivity index (χ2n) is 7.39. The maximum absolute atomic E-state index is 12.7. The lowest BCUT2D eigenvalue weighted by atomic mass is 9.95. The zero-order chi connectivity index (χ0) is 22.0. The summed E-state index contributed by atoms with van der Waals surface area (Å²) in [6.07, 6.45) is 3.90. The molecule has 1 N–H and O–H groups in total. The minimum absolute atomic E-state index is 0.119. The van der Waals surface area contributed by atoms with E-state index in [1.54, 1.807) is 4.68 Å². The highest BCUT2D eigenvalue weighted by Gasteiger charge is 2.27. The lowest BCUT2D eigenvalue weighted by Gasteiger charge is -2.11. The standard InChI is InChI=1S/C21H23N5O3S2/c1-12-8-9-14(10-13(12)2)26-21(23-24-25-26)30-11-17(27)22-19-18(20(28)29-3)15-6-4-5-7-16(15)31-19/h8-10H,4-7,11H2,1-3H3,(H,22,27). The monoisotopic (exact) mass is 457 g/mol. The van der Waals surface area contributed by atoms with Crippen molar-refractivity contribution in [3.05, 3.63) is 45.3 Å². The van der Waals surface area contributed by atoms with Crippen LogP contribution in [0.4, 0.5) is 5.00 Å². The number of carbonyl (C=O) groups is 2. The Labute approximate surface area is 188 Å². The van der Waals surface area contributed by atoms with Gasteiger partial charge in [-0.2, -0.15) is 4.68 Å². The fourth-order valence-electron chi connectivity index (χ4n) is 3.55. The third-order valence-electron chi connectivity index (χ3n) is 5.32. The van der Waals surface area contributed by atoms with Crippen molar-refractivity contribution in [2.45, 2.75) is 44.7 Å². The minimum atomic E-state index is -0.402. The lowest BCUT2D eigenvalue weighted by molar-refractivity contribution is -0.113. The van der Waals surface area contributed by atoms with Gasteiger partial charge in [0.15, 0.2) is 0 Å². The van der Waals surface area contributed by atoms with E-state index in [-0.39, 0.29) is 11.7 Å². The molecular weight excluding hydrogens is 434 g/mol. The number of nitrogens with one attached hydrogen (secondary N) is 1. The molecule has 0 atom stereocenters. The van der Waals surface area contributed by atoms with Gasteiger partial charge in [0.1, 0.15) is 5.00 Å². The maximum Gasteiger partial charge on any atom is 0.341 e. The third kappa shape index (κ3) is 4.49. The first-order chi connectivity index (χ1) is 15.0. The molecular formula is C21H23N5O3S2. The van der Waals surface area contributed by atoms with Crippen molar-refractivity contribution in [1.29, 1.82) is 0 Å². The molecule has 0 radical (unpaired) electrons. The Morgan fingerprint density at radius 3 is 2.81 bits per heavy atom. The zero-order valence-electron chi connectivity index (χ0n) is 17.6. The van der Waals surface area contributed by atoms with Gasteiger partial charge in [0.2, 0.25) is 11.1 Å². The van der Waals surface area contributed by atoms with Crippen molar-refractivity contribution in [2.24, 2.45) is 0 Å². The fourth-order valence-corrected chi connectivity index (χ4v) is 5.54. The van der Waals surface area contributed by atoms with Gasteiger partial charge in [-0.15, -0.1) is 16.4 Å². The zero-order valence-corrected chi connectivity index (χ0v) is 19.2. The highest BCUT2D eigenvalue weighted by Crippen LogP contribution is 2.38. The first-order valence-electron chi connectivity index (χ1n) is 9.99. The van der Waals surface area contributed by atoms with Crippen molar-refractivity contribution < 1.29 is 14.3 Å². The van der Waals surface area contributed by atoms with Gasteiger partial charge < -0.3 is 10.1 Å². The molecule has 1 amide bonds. The molecule has 0 spiro atoms. The van der Waals surface area contributed by atoms with E-state index in [0.717, 1.165) is 47.4 Å². The Balaban J connectivity index is 1.48. The number of thioether (sulfide) groups is 1. The highest BCUT2D eigenvalue weighted by atomic mass is 32.2. The van der Waals surface area contributed by atoms with E-state index in [1.807, 2.05) is 32.0 Å². The number of anilines is 1. The van der Waals surface area contributed by atoms with Crippen LogP contribution >= 0.6 is 23.1 Å². The summed E-state index contributed by atoms with van der Waals surface area (Å²) in [7, 11) is 1.36. The molecule has 3 aromatic rings. The van der Waals surface area contributed by atoms with Gasteiger partial charge in [-0.1, -0.05) is 17.8 Å². The van der Waals surface area contributed by atoms with Crippen LogP contribution in [0.2, 0.25) is 0 Å². The van der Waals surface area contributed by atoms with Crippen molar-refractivity contribution in [3.8, 4) is 5.69 Å². The largest absolute Gasteiger partial charge is 0.465 e. The van der Waals surface area contributed by atoms with Gasteiger partial charge in [0, 0.05) is 4.88 Å². The normalized spacial score (nSPS) is 13.0. The summed E-state index contributed by atoms with van der Waals surface area (Å²) in [6, 6.07) is 5.97. The Morgan fingerprint density at radius 2 is 2.03 bits per heavy atom. The van der Waals surface area contributed by atoms with Crippen molar-refractivity contribution in [2.75, 3.05) is 18.2 Å². The number of hydrogen-bond acceptors (Lipinski definition) is 8. The van der Waals surface area contributed by atoms with Crippen LogP contribution in [0.3, 0.4) is 0 Å². The summed E-state index contributed by atoms with van der Waals surface area (Å²) in [5.74, 6) is -0.501. The highest BCUT2D eigenvalue weighted by molar-refractivity contribution is 7.99. The molecule has 0 aliphatic heterocycles. The van der Waals surface area contributed by atoms with Crippen molar-refractivity contribution in [3.63, 3.8) is 0 Å². The van der Waals surface area contributed by atoms with Crippen molar-refractivity contribution >= 4 is 40.0 Å². The Morgan fingerprint density at radius 1 is 1.23 bits per heavy atom. The number of amides is 1. The molecule has 0 saturated heterocycles. The second kappa shape index (κ2) is 9.19. The molecule has 1 aliphatic rings. The minimum Gasteiger partial charge on any atom is -0.465 e. The SMILES string of the molecule is COC(=O)c1c(NC(=O)CSc2nnnn2-c2ccc(C)c(C)c2)sc2c1CCCC2. The van der Waals surface area contributed by atoms with Crippen molar-refractivity contribution in [1.82, 2.24) is 20.2 Å². The number of nitrogens with zero attached hydrogens (tertiary/aromatic N) is 4. The van der Waals surface area contributed by atoms with E-state index in [9.17, 15) is 9.59 Å². The molecule has 4 rings (SSSR count). The quantitative estimate of drug-likeness (QED) is 0.445. The molecule has 162 valence electrons. The number of benzene rings is 1. The van der Waals surface area contributed by atoms with E-state index in [4.69, 9.17) is 4.74 Å². The van der Waals surface area contributed by atoms with E-state index in [1.165, 1.54) is 35.8 Å². The maximum atomic E-state index is 12.7. The number of esters is 1. The molecule has 2 heterocycles. The fraction of sp³-hybridized carbons (Fsp3) is 0.381. The summed E-state index contributed by atoms with van der Waals surface area (Å²) in [6.45, 7) is 4.08. The van der Waals surface area contributed by atoms with Crippen LogP contribution in [0.15, 0.2) is 23.4 Å². The van der Waals surface area contributed by atoms with E-state index in [0.29, 0.717) is 15.7 Å². The predicted octanol–water partition coefficient (Wildman–Crippen LogP) is 3.74. The van der Waals surface area contributed by atoms with Gasteiger partial charge in [0.05, 0.1) is 24.1 Å². The van der Waals surface area contributed by atoms with Crippen LogP contribution in [-0.2, 0) is 22.4 Å². The Kier molecular flexibility index (Phi) is 6.38. The molecule has 10 heteroatoms. The summed E-state index contributed by atoms with van der Waals surface area (Å²) in [5.41, 5.74) is 4.68.